The molecule has 0 aromatic rings. The lowest BCUT2D eigenvalue weighted by Gasteiger charge is -2.19. The van der Waals surface area contributed by atoms with E-state index in [0.29, 0.717) is 26.3 Å². The smallest absolute Gasteiger partial charge is 0.310 e. The number of ether oxygens (including phenoxy) is 2. The van der Waals surface area contributed by atoms with Crippen molar-refractivity contribution >= 4 is 5.97 Å². The van der Waals surface area contributed by atoms with E-state index in [1.807, 2.05) is 0 Å². The largest absolute Gasteiger partial charge is 0.469 e. The quantitative estimate of drug-likeness (QED) is 0.512. The van der Waals surface area contributed by atoms with Gasteiger partial charge in [-0.15, -0.1) is 0 Å². The van der Waals surface area contributed by atoms with Gasteiger partial charge >= 0.3 is 5.97 Å². The summed E-state index contributed by atoms with van der Waals surface area (Å²) >= 11 is 0. The first-order valence-corrected chi connectivity index (χ1v) is 6.73. The molecule has 1 rings (SSSR count). The maximum absolute atomic E-state index is 11.4. The maximum atomic E-state index is 11.4. The van der Waals surface area contributed by atoms with E-state index >= 15 is 0 Å². The molecule has 106 valence electrons. The van der Waals surface area contributed by atoms with Crippen LogP contribution in [0.25, 0.3) is 0 Å². The van der Waals surface area contributed by atoms with Gasteiger partial charge in [0.15, 0.2) is 0 Å². The van der Waals surface area contributed by atoms with Crippen LogP contribution in [-0.4, -0.2) is 62.0 Å². The molecule has 1 heterocycles. The average Bonchev–Trinajstić information content (AvgIpc) is 2.82. The van der Waals surface area contributed by atoms with E-state index in [-0.39, 0.29) is 11.9 Å². The molecule has 1 fully saturated rings. The molecule has 5 heteroatoms. The van der Waals surface area contributed by atoms with Crippen molar-refractivity contribution in [3.05, 3.63) is 0 Å². The molecule has 0 saturated carbocycles. The Hall–Kier alpha value is -0.650. The number of esters is 1. The van der Waals surface area contributed by atoms with Crippen molar-refractivity contribution < 1.29 is 19.4 Å². The highest BCUT2D eigenvalue weighted by Crippen LogP contribution is 2.17. The topological polar surface area (TPSA) is 59.0 Å². The van der Waals surface area contributed by atoms with E-state index in [9.17, 15) is 9.90 Å². The highest BCUT2D eigenvalue weighted by molar-refractivity contribution is 5.72. The van der Waals surface area contributed by atoms with Crippen LogP contribution in [0.1, 0.15) is 26.2 Å². The number of aliphatic hydroxyl groups is 1. The van der Waals surface area contributed by atoms with Crippen LogP contribution in [0.5, 0.6) is 0 Å². The minimum absolute atomic E-state index is 0.0387. The van der Waals surface area contributed by atoms with Crippen LogP contribution in [0.3, 0.4) is 0 Å². The summed E-state index contributed by atoms with van der Waals surface area (Å²) in [5.41, 5.74) is 0. The third-order valence-corrected chi connectivity index (χ3v) is 3.23. The van der Waals surface area contributed by atoms with Crippen LogP contribution in [0.4, 0.5) is 0 Å². The number of hydrogen-bond acceptors (Lipinski definition) is 5. The zero-order valence-electron chi connectivity index (χ0n) is 11.4. The molecule has 0 aromatic carbocycles. The lowest BCUT2D eigenvalue weighted by atomic mass is 10.1. The van der Waals surface area contributed by atoms with Gasteiger partial charge in [-0.05, 0) is 19.4 Å². The van der Waals surface area contributed by atoms with E-state index in [2.05, 4.69) is 11.8 Å². The molecule has 0 spiro atoms. The lowest BCUT2D eigenvalue weighted by molar-refractivity contribution is -0.145. The second kappa shape index (κ2) is 8.45. The Morgan fingerprint density at radius 2 is 2.33 bits per heavy atom. The minimum Gasteiger partial charge on any atom is -0.469 e. The van der Waals surface area contributed by atoms with Gasteiger partial charge in [-0.3, -0.25) is 9.69 Å². The Balaban J connectivity index is 2.13. The maximum Gasteiger partial charge on any atom is 0.310 e. The molecule has 0 aromatic heterocycles. The first-order chi connectivity index (χ1) is 8.67. The Morgan fingerprint density at radius 1 is 1.56 bits per heavy atom. The number of likely N-dealkylation sites (tertiary alicyclic amines) is 1. The third kappa shape index (κ3) is 5.33. The van der Waals surface area contributed by atoms with Crippen LogP contribution in [0.2, 0.25) is 0 Å². The van der Waals surface area contributed by atoms with E-state index in [1.54, 1.807) is 0 Å². The Morgan fingerprint density at radius 3 is 3.00 bits per heavy atom. The fraction of sp³-hybridized carbons (Fsp3) is 0.923. The first kappa shape index (κ1) is 15.4. The summed E-state index contributed by atoms with van der Waals surface area (Å²) in [7, 11) is 1.42. The van der Waals surface area contributed by atoms with Gasteiger partial charge in [0.2, 0.25) is 0 Å². The lowest BCUT2D eigenvalue weighted by Crippen LogP contribution is -2.34. The molecule has 0 aliphatic carbocycles. The van der Waals surface area contributed by atoms with Gasteiger partial charge in [-0.1, -0.05) is 13.3 Å². The van der Waals surface area contributed by atoms with Crippen LogP contribution in [0.15, 0.2) is 0 Å². The van der Waals surface area contributed by atoms with Crippen molar-refractivity contribution in [2.45, 2.75) is 32.3 Å². The first-order valence-electron chi connectivity index (χ1n) is 6.73. The normalized spacial score (nSPS) is 22.1. The molecule has 1 saturated heterocycles. The van der Waals surface area contributed by atoms with Gasteiger partial charge < -0.3 is 14.6 Å². The zero-order valence-corrected chi connectivity index (χ0v) is 11.4. The summed E-state index contributed by atoms with van der Waals surface area (Å²) in [5, 5.41) is 9.81. The summed E-state index contributed by atoms with van der Waals surface area (Å²) < 4.78 is 10.1. The number of nitrogens with zero attached hydrogens (tertiary/aromatic N) is 1. The number of hydrogen-bond donors (Lipinski definition) is 1. The molecule has 1 N–H and O–H groups in total. The van der Waals surface area contributed by atoms with Crippen LogP contribution >= 0.6 is 0 Å². The van der Waals surface area contributed by atoms with Crippen molar-refractivity contribution in [2.24, 2.45) is 5.92 Å². The van der Waals surface area contributed by atoms with E-state index in [1.165, 1.54) is 7.11 Å². The number of carbonyl (C=O) groups is 1. The highest BCUT2D eigenvalue weighted by atomic mass is 16.5. The van der Waals surface area contributed by atoms with Gasteiger partial charge in [0.25, 0.3) is 0 Å². The number of aliphatic hydroxyl groups excluding tert-OH is 1. The fourth-order valence-electron chi connectivity index (χ4n) is 2.17. The Labute approximate surface area is 109 Å². The average molecular weight is 259 g/mol. The third-order valence-electron chi connectivity index (χ3n) is 3.23. The van der Waals surface area contributed by atoms with Gasteiger partial charge in [-0.25, -0.2) is 0 Å². The number of unbranched alkanes of at least 4 members (excludes halogenated alkanes) is 1. The summed E-state index contributed by atoms with van der Waals surface area (Å²) in [5.74, 6) is -0.186. The molecular weight excluding hydrogens is 234 g/mol. The van der Waals surface area contributed by atoms with Crippen LogP contribution in [-0.2, 0) is 14.3 Å². The van der Waals surface area contributed by atoms with Crippen LogP contribution < -0.4 is 0 Å². The van der Waals surface area contributed by atoms with Gasteiger partial charge in [0.05, 0.1) is 25.7 Å². The molecule has 2 unspecified atom stereocenters. The number of methoxy groups -OCH3 is 1. The van der Waals surface area contributed by atoms with Crippen molar-refractivity contribution in [3.8, 4) is 0 Å². The second-order valence-corrected chi connectivity index (χ2v) is 4.85. The molecule has 0 radical (unpaired) electrons. The molecule has 0 amide bonds. The van der Waals surface area contributed by atoms with Gasteiger partial charge in [0, 0.05) is 19.7 Å². The van der Waals surface area contributed by atoms with E-state index < -0.39 is 6.10 Å². The zero-order chi connectivity index (χ0) is 13.4. The SMILES string of the molecule is CCCCOCC(O)CN1CCC(C(=O)OC)C1. The number of rotatable bonds is 8. The summed E-state index contributed by atoms with van der Waals surface area (Å²) in [6, 6.07) is 0. The Bertz CT molecular complexity index is 247. The minimum atomic E-state index is -0.474. The van der Waals surface area contributed by atoms with Crippen molar-refractivity contribution in [3.63, 3.8) is 0 Å². The molecule has 0 bridgehead atoms. The molecule has 1 aliphatic rings. The number of carbonyl (C=O) groups excluding carboxylic acids is 1. The second-order valence-electron chi connectivity index (χ2n) is 4.85. The predicted molar refractivity (Wildman–Crippen MR) is 68.3 cm³/mol. The van der Waals surface area contributed by atoms with Crippen molar-refractivity contribution in [1.82, 2.24) is 4.90 Å². The fourth-order valence-corrected chi connectivity index (χ4v) is 2.17. The summed E-state index contributed by atoms with van der Waals surface area (Å²) in [4.78, 5) is 13.4. The molecule has 18 heavy (non-hydrogen) atoms. The molecule has 5 nitrogen and oxygen atoms in total. The number of β-amino-alcohol motifs (C(OH)–C–C–N with tert-alkyl or cyclic N) is 1. The molecular formula is C13H25NO4. The van der Waals surface area contributed by atoms with Crippen molar-refractivity contribution in [1.29, 1.82) is 0 Å². The standard InChI is InChI=1S/C13H25NO4/c1-3-4-7-18-10-12(15)9-14-6-5-11(8-14)13(16)17-2/h11-12,15H,3-10H2,1-2H3. The van der Waals surface area contributed by atoms with Gasteiger partial charge in [0.1, 0.15) is 0 Å². The van der Waals surface area contributed by atoms with Gasteiger partial charge in [-0.2, -0.15) is 0 Å². The Kier molecular flexibility index (Phi) is 7.23. The van der Waals surface area contributed by atoms with E-state index in [4.69, 9.17) is 9.47 Å². The molecule has 1 aliphatic heterocycles. The van der Waals surface area contributed by atoms with Crippen LogP contribution in [0, 0.1) is 5.92 Å². The highest BCUT2D eigenvalue weighted by Gasteiger charge is 2.29. The predicted octanol–water partition coefficient (Wildman–Crippen LogP) is 0.659. The van der Waals surface area contributed by atoms with E-state index in [0.717, 1.165) is 25.8 Å². The molecule has 2 atom stereocenters. The monoisotopic (exact) mass is 259 g/mol. The van der Waals surface area contributed by atoms with Crippen molar-refractivity contribution in [2.75, 3.05) is 40.0 Å². The summed E-state index contributed by atoms with van der Waals surface area (Å²) in [6.07, 6.45) is 2.47. The summed E-state index contributed by atoms with van der Waals surface area (Å²) in [6.45, 7) is 5.28.